The summed E-state index contributed by atoms with van der Waals surface area (Å²) >= 11 is 5.38. The summed E-state index contributed by atoms with van der Waals surface area (Å²) < 4.78 is 0. The molecule has 1 heterocycles. The zero-order valence-electron chi connectivity index (χ0n) is 15.7. The first kappa shape index (κ1) is 18.2. The monoisotopic (exact) mass is 387 g/mol. The second-order valence-corrected chi connectivity index (χ2v) is 7.37. The van der Waals surface area contributed by atoms with Gasteiger partial charge >= 0.3 is 0 Å². The van der Waals surface area contributed by atoms with Crippen LogP contribution in [0.3, 0.4) is 0 Å². The minimum atomic E-state index is -0.328. The lowest BCUT2D eigenvalue weighted by Gasteiger charge is -2.31. The molecule has 140 valence electrons. The maximum Gasteiger partial charge on any atom is 0.255 e. The second-order valence-electron chi connectivity index (χ2n) is 6.96. The van der Waals surface area contributed by atoms with Crippen molar-refractivity contribution in [3.63, 3.8) is 0 Å². The van der Waals surface area contributed by atoms with Crippen LogP contribution < -0.4 is 16.0 Å². The lowest BCUT2D eigenvalue weighted by molar-refractivity contribution is -0.113. The van der Waals surface area contributed by atoms with Gasteiger partial charge in [0, 0.05) is 11.4 Å². The van der Waals surface area contributed by atoms with Gasteiger partial charge < -0.3 is 16.0 Å². The summed E-state index contributed by atoms with van der Waals surface area (Å²) in [6.07, 6.45) is 0. The minimum absolute atomic E-state index is 0.151. The van der Waals surface area contributed by atoms with E-state index in [0.29, 0.717) is 10.7 Å². The molecule has 4 rings (SSSR count). The third kappa shape index (κ3) is 3.49. The van der Waals surface area contributed by atoms with E-state index in [1.807, 2.05) is 62.4 Å². The molecule has 0 saturated heterocycles. The number of rotatable bonds is 3. The highest BCUT2D eigenvalue weighted by Crippen LogP contribution is 2.32. The van der Waals surface area contributed by atoms with E-state index >= 15 is 0 Å². The molecule has 3 N–H and O–H groups in total. The van der Waals surface area contributed by atoms with Crippen LogP contribution in [0.25, 0.3) is 10.8 Å². The van der Waals surface area contributed by atoms with Gasteiger partial charge in [-0.05, 0) is 54.5 Å². The van der Waals surface area contributed by atoms with E-state index in [9.17, 15) is 4.79 Å². The van der Waals surface area contributed by atoms with Crippen molar-refractivity contribution in [3.05, 3.63) is 89.1 Å². The van der Waals surface area contributed by atoms with Crippen LogP contribution in [0.15, 0.2) is 78.0 Å². The molecule has 0 fully saturated rings. The van der Waals surface area contributed by atoms with Gasteiger partial charge in [0.05, 0.1) is 11.6 Å². The molecule has 3 aromatic carbocycles. The average Bonchev–Trinajstić information content (AvgIpc) is 2.68. The smallest absolute Gasteiger partial charge is 0.255 e. The lowest BCUT2D eigenvalue weighted by Crippen LogP contribution is -2.45. The molecule has 0 aromatic heterocycles. The second kappa shape index (κ2) is 7.44. The number of aryl methyl sites for hydroxylation is 1. The van der Waals surface area contributed by atoms with Crippen molar-refractivity contribution < 1.29 is 4.79 Å². The van der Waals surface area contributed by atoms with Crippen molar-refractivity contribution in [2.75, 3.05) is 5.32 Å². The maximum atomic E-state index is 13.2. The number of thiocarbonyl (C=S) groups is 1. The molecule has 0 spiro atoms. The largest absolute Gasteiger partial charge is 0.351 e. The van der Waals surface area contributed by atoms with E-state index in [1.165, 1.54) is 0 Å². The van der Waals surface area contributed by atoms with Gasteiger partial charge in [-0.25, -0.2) is 0 Å². The predicted molar refractivity (Wildman–Crippen MR) is 118 cm³/mol. The van der Waals surface area contributed by atoms with Crippen LogP contribution in [0.4, 0.5) is 5.69 Å². The van der Waals surface area contributed by atoms with Crippen LogP contribution in [0.1, 0.15) is 24.1 Å². The minimum Gasteiger partial charge on any atom is -0.351 e. The summed E-state index contributed by atoms with van der Waals surface area (Å²) in [6, 6.07) is 21.7. The van der Waals surface area contributed by atoms with Crippen molar-refractivity contribution >= 4 is 39.7 Å². The third-order valence-electron chi connectivity index (χ3n) is 4.96. The summed E-state index contributed by atoms with van der Waals surface area (Å²) in [5.74, 6) is -0.151. The average molecular weight is 388 g/mol. The quantitative estimate of drug-likeness (QED) is 0.576. The predicted octanol–water partition coefficient (Wildman–Crippen LogP) is 4.58. The van der Waals surface area contributed by atoms with E-state index in [2.05, 4.69) is 34.1 Å². The Morgan fingerprint density at radius 3 is 2.46 bits per heavy atom. The van der Waals surface area contributed by atoms with E-state index in [4.69, 9.17) is 12.2 Å². The molecule has 0 bridgehead atoms. The van der Waals surface area contributed by atoms with Gasteiger partial charge in [0.1, 0.15) is 0 Å². The van der Waals surface area contributed by atoms with E-state index in [1.54, 1.807) is 0 Å². The van der Waals surface area contributed by atoms with Gasteiger partial charge in [0.15, 0.2) is 5.11 Å². The van der Waals surface area contributed by atoms with Crippen LogP contribution in [-0.4, -0.2) is 11.0 Å². The highest BCUT2D eigenvalue weighted by atomic mass is 32.1. The van der Waals surface area contributed by atoms with Crippen LogP contribution >= 0.6 is 12.2 Å². The molecule has 0 saturated carbocycles. The molecule has 0 radical (unpaired) electrons. The Bertz CT molecular complexity index is 1100. The molecule has 1 atom stereocenters. The van der Waals surface area contributed by atoms with Crippen molar-refractivity contribution in [1.29, 1.82) is 0 Å². The van der Waals surface area contributed by atoms with Crippen molar-refractivity contribution in [3.8, 4) is 0 Å². The first-order valence-electron chi connectivity index (χ1n) is 9.17. The summed E-state index contributed by atoms with van der Waals surface area (Å²) in [5.41, 5.74) is 4.32. The van der Waals surface area contributed by atoms with Gasteiger partial charge in [0.2, 0.25) is 0 Å². The molecular weight excluding hydrogens is 366 g/mol. The zero-order valence-corrected chi connectivity index (χ0v) is 16.6. The number of allylic oxidation sites excluding steroid dienone is 1. The highest BCUT2D eigenvalue weighted by Gasteiger charge is 2.30. The third-order valence-corrected chi connectivity index (χ3v) is 5.18. The Kier molecular flexibility index (Phi) is 4.84. The molecule has 3 aromatic rings. The van der Waals surface area contributed by atoms with Crippen molar-refractivity contribution in [2.45, 2.75) is 19.9 Å². The summed E-state index contributed by atoms with van der Waals surface area (Å²) in [5, 5.41) is 12.1. The van der Waals surface area contributed by atoms with Gasteiger partial charge in [-0.3, -0.25) is 4.79 Å². The number of nitrogens with one attached hydrogen (secondary N) is 3. The molecule has 1 amide bonds. The fourth-order valence-corrected chi connectivity index (χ4v) is 3.84. The highest BCUT2D eigenvalue weighted by molar-refractivity contribution is 7.80. The van der Waals surface area contributed by atoms with Crippen LogP contribution in [0, 0.1) is 6.92 Å². The SMILES string of the molecule is CC1=C(C(=O)Nc2ccc(C)cc2)[C@H](c2cccc3ccccc23)NC(=S)N1. The van der Waals surface area contributed by atoms with Gasteiger partial charge in [0.25, 0.3) is 5.91 Å². The number of amides is 1. The number of carbonyl (C=O) groups excluding carboxylic acids is 1. The number of fused-ring (bicyclic) bond motifs is 1. The number of hydrogen-bond acceptors (Lipinski definition) is 2. The summed E-state index contributed by atoms with van der Waals surface area (Å²) in [4.78, 5) is 13.2. The Morgan fingerprint density at radius 2 is 1.68 bits per heavy atom. The summed E-state index contributed by atoms with van der Waals surface area (Å²) in [7, 11) is 0. The van der Waals surface area contributed by atoms with Crippen molar-refractivity contribution in [1.82, 2.24) is 10.6 Å². The Hall–Kier alpha value is -3.18. The fraction of sp³-hybridized carbons (Fsp3) is 0.130. The van der Waals surface area contributed by atoms with Crippen LogP contribution in [0.2, 0.25) is 0 Å². The number of carbonyl (C=O) groups is 1. The van der Waals surface area contributed by atoms with Gasteiger partial charge in [-0.2, -0.15) is 0 Å². The fourth-order valence-electron chi connectivity index (χ4n) is 3.57. The van der Waals surface area contributed by atoms with E-state index in [-0.39, 0.29) is 11.9 Å². The standard InChI is InChI=1S/C23H21N3OS/c1-14-10-12-17(13-11-14)25-22(27)20-15(2)24-23(28)26-21(20)19-9-5-7-16-6-3-4-8-18(16)19/h3-13,21H,1-2H3,(H,25,27)(H2,24,26,28)/t21-/m0/s1. The molecule has 4 nitrogen and oxygen atoms in total. The van der Waals surface area contributed by atoms with Gasteiger partial charge in [-0.15, -0.1) is 0 Å². The number of anilines is 1. The molecule has 0 aliphatic carbocycles. The van der Waals surface area contributed by atoms with Crippen molar-refractivity contribution in [2.24, 2.45) is 0 Å². The number of benzene rings is 3. The van der Waals surface area contributed by atoms with Crippen LogP contribution in [-0.2, 0) is 4.79 Å². The first-order chi connectivity index (χ1) is 13.5. The Morgan fingerprint density at radius 1 is 0.964 bits per heavy atom. The Balaban J connectivity index is 1.76. The molecular formula is C23H21N3OS. The lowest BCUT2D eigenvalue weighted by atomic mass is 9.91. The first-order valence-corrected chi connectivity index (χ1v) is 9.58. The zero-order chi connectivity index (χ0) is 19.7. The maximum absolute atomic E-state index is 13.2. The van der Waals surface area contributed by atoms with Crippen LogP contribution in [0.5, 0.6) is 0 Å². The molecule has 1 aliphatic rings. The topological polar surface area (TPSA) is 53.2 Å². The molecule has 5 heteroatoms. The molecule has 28 heavy (non-hydrogen) atoms. The summed E-state index contributed by atoms with van der Waals surface area (Å²) in [6.45, 7) is 3.90. The Labute approximate surface area is 169 Å². The molecule has 0 unspecified atom stereocenters. The number of hydrogen-bond donors (Lipinski definition) is 3. The van der Waals surface area contributed by atoms with Gasteiger partial charge in [-0.1, -0.05) is 60.2 Å². The molecule has 1 aliphatic heterocycles. The van der Waals surface area contributed by atoms with E-state index in [0.717, 1.165) is 33.3 Å². The van der Waals surface area contributed by atoms with E-state index < -0.39 is 0 Å². The normalized spacial score (nSPS) is 16.5.